The van der Waals surface area contributed by atoms with Crippen molar-refractivity contribution in [3.05, 3.63) is 29.8 Å². The molecule has 1 N–H and O–H groups in total. The van der Waals surface area contributed by atoms with Gasteiger partial charge in [0.2, 0.25) is 16.9 Å². The molecule has 1 aromatic heterocycles. The summed E-state index contributed by atoms with van der Waals surface area (Å²) < 4.78 is 0. The summed E-state index contributed by atoms with van der Waals surface area (Å²) in [6.45, 7) is 8.84. The number of amides is 2. The second-order valence-corrected chi connectivity index (χ2v) is 8.31. The second-order valence-electron chi connectivity index (χ2n) is 7.34. The van der Waals surface area contributed by atoms with E-state index in [0.29, 0.717) is 11.7 Å². The third-order valence-corrected chi connectivity index (χ3v) is 5.71. The highest BCUT2D eigenvalue weighted by molar-refractivity contribution is 7.18. The van der Waals surface area contributed by atoms with Gasteiger partial charge in [0.15, 0.2) is 0 Å². The fraction of sp³-hybridized carbons (Fsp3) is 0.545. The van der Waals surface area contributed by atoms with Gasteiger partial charge < -0.3 is 4.90 Å². The van der Waals surface area contributed by atoms with Crippen LogP contribution in [0.25, 0.3) is 10.6 Å². The van der Waals surface area contributed by atoms with Crippen molar-refractivity contribution in [2.45, 2.75) is 59.8 Å². The van der Waals surface area contributed by atoms with Gasteiger partial charge in [-0.05, 0) is 32.3 Å². The summed E-state index contributed by atoms with van der Waals surface area (Å²) in [5, 5.41) is 12.3. The average molecular weight is 417 g/mol. The lowest BCUT2D eigenvalue weighted by atomic mass is 9.97. The molecule has 0 aliphatic carbocycles. The van der Waals surface area contributed by atoms with Crippen molar-refractivity contribution in [3.63, 3.8) is 0 Å². The van der Waals surface area contributed by atoms with Crippen molar-refractivity contribution in [3.8, 4) is 10.6 Å². The lowest BCUT2D eigenvalue weighted by Gasteiger charge is -2.26. The van der Waals surface area contributed by atoms with Crippen LogP contribution in [0.15, 0.2) is 24.3 Å². The fourth-order valence-corrected chi connectivity index (χ4v) is 4.00. The minimum atomic E-state index is -0.232. The van der Waals surface area contributed by atoms with Crippen LogP contribution in [0.1, 0.15) is 58.4 Å². The Hall–Kier alpha value is -2.28. The predicted molar refractivity (Wildman–Crippen MR) is 119 cm³/mol. The first kappa shape index (κ1) is 23.0. The number of carbonyl (C=O) groups is 2. The number of nitrogens with zero attached hydrogens (tertiary/aromatic N) is 3. The molecule has 1 heterocycles. The zero-order valence-corrected chi connectivity index (χ0v) is 18.7. The van der Waals surface area contributed by atoms with E-state index in [1.807, 2.05) is 45.0 Å². The van der Waals surface area contributed by atoms with E-state index in [1.165, 1.54) is 11.3 Å². The molecule has 1 atom stereocenters. The van der Waals surface area contributed by atoms with Gasteiger partial charge in [-0.3, -0.25) is 14.9 Å². The van der Waals surface area contributed by atoms with Crippen LogP contribution in [0, 0.1) is 12.8 Å². The molecule has 0 fully saturated rings. The average Bonchev–Trinajstić information content (AvgIpc) is 3.16. The van der Waals surface area contributed by atoms with Crippen molar-refractivity contribution >= 4 is 28.3 Å². The second kappa shape index (κ2) is 11.7. The van der Waals surface area contributed by atoms with Gasteiger partial charge in [-0.2, -0.15) is 0 Å². The van der Waals surface area contributed by atoms with E-state index in [4.69, 9.17) is 0 Å². The predicted octanol–water partition coefficient (Wildman–Crippen LogP) is 4.91. The standard InChI is InChI=1S/C22H32N4O2S/c1-5-8-11-17(7-3)21(28)26(13-6-2)15-19(27)23-22-25-24-20(29-22)18-12-9-10-16(4)14-18/h9-10,12,14,17H,5-8,11,13,15H2,1-4H3,(H,23,25,27)/t17-/m1/s1. The number of benzene rings is 1. The monoisotopic (exact) mass is 416 g/mol. The third-order valence-electron chi connectivity index (χ3n) is 4.82. The Balaban J connectivity index is 2.00. The van der Waals surface area contributed by atoms with Crippen molar-refractivity contribution in [2.75, 3.05) is 18.4 Å². The summed E-state index contributed by atoms with van der Waals surface area (Å²) >= 11 is 1.34. The first-order valence-corrected chi connectivity index (χ1v) is 11.3. The highest BCUT2D eigenvalue weighted by Crippen LogP contribution is 2.26. The van der Waals surface area contributed by atoms with Gasteiger partial charge in [0.05, 0.1) is 6.54 Å². The van der Waals surface area contributed by atoms with Crippen LogP contribution in [0.3, 0.4) is 0 Å². The number of rotatable bonds is 11. The maximum absolute atomic E-state index is 12.9. The molecule has 0 saturated heterocycles. The zero-order chi connectivity index (χ0) is 21.2. The van der Waals surface area contributed by atoms with E-state index in [0.717, 1.165) is 48.2 Å². The molecular weight excluding hydrogens is 384 g/mol. The highest BCUT2D eigenvalue weighted by Gasteiger charge is 2.24. The van der Waals surface area contributed by atoms with E-state index >= 15 is 0 Å². The van der Waals surface area contributed by atoms with E-state index in [-0.39, 0.29) is 24.3 Å². The Kier molecular flexibility index (Phi) is 9.25. The van der Waals surface area contributed by atoms with E-state index in [1.54, 1.807) is 4.90 Å². The number of nitrogens with one attached hydrogen (secondary N) is 1. The van der Waals surface area contributed by atoms with Crippen LogP contribution >= 0.6 is 11.3 Å². The quantitative estimate of drug-likeness (QED) is 0.565. The number of carbonyl (C=O) groups excluding carboxylic acids is 2. The molecule has 158 valence electrons. The number of aryl methyl sites for hydroxylation is 1. The van der Waals surface area contributed by atoms with Crippen LogP contribution in [-0.2, 0) is 9.59 Å². The smallest absolute Gasteiger partial charge is 0.245 e. The summed E-state index contributed by atoms with van der Waals surface area (Å²) in [5.41, 5.74) is 2.12. The SMILES string of the molecule is CCCC[C@@H](CC)C(=O)N(CCC)CC(=O)Nc1nnc(-c2cccc(C)c2)s1. The summed E-state index contributed by atoms with van der Waals surface area (Å²) in [7, 11) is 0. The molecule has 29 heavy (non-hydrogen) atoms. The Morgan fingerprint density at radius 3 is 2.62 bits per heavy atom. The molecule has 0 bridgehead atoms. The fourth-order valence-electron chi connectivity index (χ4n) is 3.25. The van der Waals surface area contributed by atoms with Crippen LogP contribution in [0.2, 0.25) is 0 Å². The minimum Gasteiger partial charge on any atom is -0.333 e. The molecule has 0 saturated carbocycles. The maximum Gasteiger partial charge on any atom is 0.245 e. The summed E-state index contributed by atoms with van der Waals surface area (Å²) in [6.07, 6.45) is 4.60. The minimum absolute atomic E-state index is 0.0104. The number of anilines is 1. The lowest BCUT2D eigenvalue weighted by Crippen LogP contribution is -2.41. The van der Waals surface area contributed by atoms with Gasteiger partial charge in [0, 0.05) is 18.0 Å². The molecule has 1 aromatic carbocycles. The van der Waals surface area contributed by atoms with Crippen LogP contribution in [0.5, 0.6) is 0 Å². The van der Waals surface area contributed by atoms with Crippen molar-refractivity contribution in [2.24, 2.45) is 5.92 Å². The lowest BCUT2D eigenvalue weighted by molar-refractivity contribution is -0.138. The normalized spacial score (nSPS) is 11.9. The molecule has 2 rings (SSSR count). The Morgan fingerprint density at radius 2 is 1.97 bits per heavy atom. The summed E-state index contributed by atoms with van der Waals surface area (Å²) in [4.78, 5) is 27.1. The summed E-state index contributed by atoms with van der Waals surface area (Å²) in [5.74, 6) is -0.163. The van der Waals surface area contributed by atoms with Gasteiger partial charge in [0.25, 0.3) is 0 Å². The van der Waals surface area contributed by atoms with E-state index < -0.39 is 0 Å². The van der Waals surface area contributed by atoms with Gasteiger partial charge >= 0.3 is 0 Å². The first-order chi connectivity index (χ1) is 14.0. The Bertz CT molecular complexity index is 806. The van der Waals surface area contributed by atoms with Gasteiger partial charge in [-0.1, -0.05) is 68.7 Å². The molecule has 2 aromatic rings. The van der Waals surface area contributed by atoms with Gasteiger partial charge in [-0.15, -0.1) is 10.2 Å². The number of unbranched alkanes of at least 4 members (excludes halogenated alkanes) is 1. The summed E-state index contributed by atoms with van der Waals surface area (Å²) in [6, 6.07) is 8.01. The molecule has 0 unspecified atom stereocenters. The van der Waals surface area contributed by atoms with E-state index in [9.17, 15) is 9.59 Å². The van der Waals surface area contributed by atoms with Gasteiger partial charge in [-0.25, -0.2) is 0 Å². The van der Waals surface area contributed by atoms with Crippen molar-refractivity contribution < 1.29 is 9.59 Å². The maximum atomic E-state index is 12.9. The Morgan fingerprint density at radius 1 is 1.17 bits per heavy atom. The van der Waals surface area contributed by atoms with Crippen molar-refractivity contribution in [1.29, 1.82) is 0 Å². The van der Waals surface area contributed by atoms with Gasteiger partial charge in [0.1, 0.15) is 5.01 Å². The number of hydrogen-bond donors (Lipinski definition) is 1. The molecular formula is C22H32N4O2S. The molecule has 0 aliphatic rings. The zero-order valence-electron chi connectivity index (χ0n) is 17.9. The number of aromatic nitrogens is 2. The molecule has 0 radical (unpaired) electrons. The molecule has 0 aliphatic heterocycles. The topological polar surface area (TPSA) is 75.2 Å². The molecule has 2 amide bonds. The molecule has 7 heteroatoms. The van der Waals surface area contributed by atoms with Crippen LogP contribution in [0.4, 0.5) is 5.13 Å². The number of hydrogen-bond acceptors (Lipinski definition) is 5. The van der Waals surface area contributed by atoms with E-state index in [2.05, 4.69) is 22.4 Å². The van der Waals surface area contributed by atoms with Crippen LogP contribution < -0.4 is 5.32 Å². The third kappa shape index (κ3) is 6.92. The largest absolute Gasteiger partial charge is 0.333 e. The first-order valence-electron chi connectivity index (χ1n) is 10.5. The van der Waals surface area contributed by atoms with Crippen molar-refractivity contribution in [1.82, 2.24) is 15.1 Å². The highest BCUT2D eigenvalue weighted by atomic mass is 32.1. The van der Waals surface area contributed by atoms with Crippen LogP contribution in [-0.4, -0.2) is 40.0 Å². The molecule has 6 nitrogen and oxygen atoms in total. The Labute approximate surface area is 177 Å². The molecule has 0 spiro atoms.